The number of rotatable bonds is 6. The van der Waals surface area contributed by atoms with Crippen LogP contribution in [-0.2, 0) is 14.1 Å². The average Bonchev–Trinajstić information content (AvgIpc) is 3.65. The van der Waals surface area contributed by atoms with Crippen LogP contribution in [0.1, 0.15) is 162 Å². The van der Waals surface area contributed by atoms with Gasteiger partial charge in [0.1, 0.15) is 0 Å². The van der Waals surface area contributed by atoms with Gasteiger partial charge in [0.05, 0.1) is 0 Å². The number of piperidine rings is 2. The molecule has 6 nitrogen and oxygen atoms in total. The van der Waals surface area contributed by atoms with Gasteiger partial charge in [0.25, 0.3) is 0 Å². The third-order valence-electron chi connectivity index (χ3n) is 15.9. The molecule has 8 heteroatoms. The Morgan fingerprint density at radius 1 is 0.500 bits per heavy atom. The van der Waals surface area contributed by atoms with Crippen molar-refractivity contribution in [3.05, 3.63) is 0 Å². The standard InChI is InChI=1S/C18H30O2.2C10H17NO.2Ga/c19-16-8-4-14(5-9-16)18(12-2-1-3-13-18)15-6-10-17(20)11-7-15;2*1-7-5-6-8-3-2-4-9(12)10(8)11-7;;/h14-17H,1-13H2;2*7-10H,2-6H2,1H3;;/q3*-2;2*+3. The van der Waals surface area contributed by atoms with Crippen LogP contribution in [0.2, 0.25) is 0 Å². The first-order valence-corrected chi connectivity index (χ1v) is 26.9. The van der Waals surface area contributed by atoms with Gasteiger partial charge in [-0.25, -0.2) is 0 Å². The summed E-state index contributed by atoms with van der Waals surface area (Å²) in [6.07, 6.45) is 33.9. The molecule has 0 N–H and O–H groups in total. The van der Waals surface area contributed by atoms with Crippen molar-refractivity contribution in [3.8, 4) is 0 Å². The Labute approximate surface area is 293 Å². The third kappa shape index (κ3) is 5.96. The molecule has 0 radical (unpaired) electrons. The second kappa shape index (κ2) is 13.9. The summed E-state index contributed by atoms with van der Waals surface area (Å²) in [6.45, 7) is 4.95. The molecule has 256 valence electrons. The fourth-order valence-corrected chi connectivity index (χ4v) is 25.5. The molecule has 5 saturated carbocycles. The van der Waals surface area contributed by atoms with Crippen molar-refractivity contribution >= 4 is 34.4 Å². The minimum absolute atomic E-state index is 0.470. The first-order chi connectivity index (χ1) is 22.6. The topological polar surface area (TPSA) is 43.4 Å². The third-order valence-corrected chi connectivity index (χ3v) is 26.6. The van der Waals surface area contributed by atoms with E-state index < -0.39 is 34.4 Å². The van der Waals surface area contributed by atoms with Crippen LogP contribution >= 0.6 is 0 Å². The van der Waals surface area contributed by atoms with E-state index in [0.29, 0.717) is 54.0 Å². The van der Waals surface area contributed by atoms with Crippen LogP contribution in [0.5, 0.6) is 0 Å². The molecule has 0 spiro atoms. The first kappa shape index (κ1) is 32.9. The molecule has 46 heavy (non-hydrogen) atoms. The van der Waals surface area contributed by atoms with Crippen molar-refractivity contribution in [1.82, 2.24) is 7.21 Å². The normalized spacial score (nSPS) is 47.9. The van der Waals surface area contributed by atoms with Gasteiger partial charge < -0.3 is 0 Å². The summed E-state index contributed by atoms with van der Waals surface area (Å²) in [5.41, 5.74) is 0.595. The summed E-state index contributed by atoms with van der Waals surface area (Å²) in [6, 6.07) is 2.78. The van der Waals surface area contributed by atoms with E-state index in [1.165, 1.54) is 148 Å². The second-order valence-corrected chi connectivity index (χ2v) is 25.4. The fourth-order valence-electron chi connectivity index (χ4n) is 13.6. The van der Waals surface area contributed by atoms with E-state index in [9.17, 15) is 0 Å². The minimum atomic E-state index is -2.34. The Morgan fingerprint density at radius 3 is 1.41 bits per heavy atom. The zero-order valence-electron chi connectivity index (χ0n) is 29.4. The van der Waals surface area contributed by atoms with Crippen LogP contribution in [0.25, 0.3) is 0 Å². The van der Waals surface area contributed by atoms with Crippen LogP contribution in [0.3, 0.4) is 0 Å². The van der Waals surface area contributed by atoms with Crippen LogP contribution < -0.4 is 0 Å². The second-order valence-electron chi connectivity index (χ2n) is 18.1. The van der Waals surface area contributed by atoms with E-state index in [1.807, 2.05) is 0 Å². The molecular formula is C38H64Ga2N2O4. The maximum absolute atomic E-state index is 7.13. The van der Waals surface area contributed by atoms with Crippen molar-refractivity contribution in [2.24, 2.45) is 29.1 Å². The molecule has 0 bridgehead atoms. The quantitative estimate of drug-likeness (QED) is 0.256. The molecule has 8 atom stereocenters. The van der Waals surface area contributed by atoms with Gasteiger partial charge in [-0.05, 0) is 0 Å². The molecular weight excluding hydrogens is 688 g/mol. The monoisotopic (exact) mass is 750 g/mol. The van der Waals surface area contributed by atoms with Crippen molar-refractivity contribution in [2.45, 2.75) is 210 Å². The Balaban J connectivity index is 0.810. The molecule has 0 aromatic heterocycles. The number of hydrogen-bond donors (Lipinski definition) is 0. The molecule has 8 unspecified atom stereocenters. The molecule has 9 aliphatic rings. The summed E-state index contributed by atoms with van der Waals surface area (Å²) in [5.74, 6) is 3.60. The van der Waals surface area contributed by atoms with Gasteiger partial charge in [0, 0.05) is 0 Å². The van der Waals surface area contributed by atoms with E-state index >= 15 is 0 Å². The molecule has 4 heterocycles. The number of nitrogens with zero attached hydrogens (tertiary/aromatic N) is 2. The maximum atomic E-state index is 7.13. The Hall–Kier alpha value is 1.03. The van der Waals surface area contributed by atoms with E-state index in [0.717, 1.165) is 23.7 Å². The van der Waals surface area contributed by atoms with Gasteiger partial charge in [0.15, 0.2) is 0 Å². The van der Waals surface area contributed by atoms with Gasteiger partial charge >= 0.3 is 295 Å². The van der Waals surface area contributed by atoms with Crippen LogP contribution in [0.4, 0.5) is 0 Å². The van der Waals surface area contributed by atoms with E-state index in [4.69, 9.17) is 14.1 Å². The average molecular weight is 752 g/mol. The van der Waals surface area contributed by atoms with Crippen molar-refractivity contribution in [3.63, 3.8) is 0 Å². The zero-order valence-corrected chi connectivity index (χ0v) is 34.2. The van der Waals surface area contributed by atoms with Crippen LogP contribution in [0.15, 0.2) is 0 Å². The predicted octanol–water partition coefficient (Wildman–Crippen LogP) is 8.16. The molecule has 4 aliphatic heterocycles. The summed E-state index contributed by atoms with van der Waals surface area (Å²) in [4.78, 5) is 0. The Morgan fingerprint density at radius 2 is 0.957 bits per heavy atom. The Bertz CT molecular complexity index is 972. The number of hydrogen-bond acceptors (Lipinski definition) is 6. The Kier molecular flexibility index (Phi) is 9.92. The molecule has 9 rings (SSSR count). The van der Waals surface area contributed by atoms with E-state index in [1.54, 1.807) is 0 Å². The zero-order chi connectivity index (χ0) is 30.8. The van der Waals surface area contributed by atoms with E-state index in [2.05, 4.69) is 21.1 Å². The van der Waals surface area contributed by atoms with Crippen LogP contribution in [0, 0.1) is 29.1 Å². The van der Waals surface area contributed by atoms with E-state index in [-0.39, 0.29) is 0 Å². The molecule has 0 aromatic rings. The molecule has 5 aliphatic carbocycles. The van der Waals surface area contributed by atoms with Crippen molar-refractivity contribution in [1.29, 1.82) is 0 Å². The van der Waals surface area contributed by atoms with Gasteiger partial charge in [-0.15, -0.1) is 0 Å². The van der Waals surface area contributed by atoms with Gasteiger partial charge in [-0.1, -0.05) is 0 Å². The molecule has 4 saturated heterocycles. The van der Waals surface area contributed by atoms with Crippen molar-refractivity contribution in [2.75, 3.05) is 0 Å². The van der Waals surface area contributed by atoms with Gasteiger partial charge in [-0.2, -0.15) is 0 Å². The van der Waals surface area contributed by atoms with Gasteiger partial charge in [-0.3, -0.25) is 0 Å². The molecule has 0 amide bonds. The first-order valence-electron chi connectivity index (χ1n) is 20.7. The summed E-state index contributed by atoms with van der Waals surface area (Å²) in [7, 11) is 0. The molecule has 9 fully saturated rings. The summed E-state index contributed by atoms with van der Waals surface area (Å²) >= 11 is -4.68. The fraction of sp³-hybridized carbons (Fsp3) is 1.00. The summed E-state index contributed by atoms with van der Waals surface area (Å²) < 4.78 is 33.8. The summed E-state index contributed by atoms with van der Waals surface area (Å²) in [5, 5.41) is 0. The van der Waals surface area contributed by atoms with Crippen molar-refractivity contribution < 1.29 is 14.1 Å². The predicted molar refractivity (Wildman–Crippen MR) is 184 cm³/mol. The molecule has 0 aromatic carbocycles. The SMILES string of the molecule is CC1CCC2CCCC3[O][Ga]([O]C4CCC(C5(C6CCC([O][Ga]7[O]C8CCCC9CCC(C)[N]7C98)CC6)CCCCC5)CC4)[N]1C23. The van der Waals surface area contributed by atoms with Gasteiger partial charge in [0.2, 0.25) is 0 Å². The van der Waals surface area contributed by atoms with Crippen LogP contribution in [-0.4, -0.2) is 90.2 Å².